The third-order valence-electron chi connectivity index (χ3n) is 3.26. The monoisotopic (exact) mass is 265 g/mol. The Kier molecular flexibility index (Phi) is 6.15. The molecule has 104 valence electrons. The average Bonchev–Trinajstić information content (AvgIpc) is 2.43. The first-order valence-electron chi connectivity index (χ1n) is 6.26. The molecule has 0 aliphatic rings. The molecule has 0 radical (unpaired) electrons. The average molecular weight is 265 g/mol. The van der Waals surface area contributed by atoms with Crippen LogP contribution in [0.2, 0.25) is 0 Å². The molecule has 5 heteroatoms. The molecule has 0 fully saturated rings. The lowest BCUT2D eigenvalue weighted by Crippen LogP contribution is -2.34. The van der Waals surface area contributed by atoms with Crippen LogP contribution in [0, 0.1) is 22.0 Å². The first kappa shape index (κ1) is 15.3. The van der Waals surface area contributed by atoms with Gasteiger partial charge in [0, 0.05) is 17.8 Å². The van der Waals surface area contributed by atoms with Gasteiger partial charge < -0.3 is 9.53 Å². The fourth-order valence-corrected chi connectivity index (χ4v) is 1.87. The summed E-state index contributed by atoms with van der Waals surface area (Å²) in [5.41, 5.74) is 1.01. The molecule has 0 heterocycles. The highest BCUT2D eigenvalue weighted by Gasteiger charge is 2.31. The van der Waals surface area contributed by atoms with Crippen LogP contribution in [0.25, 0.3) is 0 Å². The summed E-state index contributed by atoms with van der Waals surface area (Å²) < 4.78 is 5.51. The molecular formula is C14H19NO4. The quantitative estimate of drug-likeness (QED) is 0.411. The maximum atomic E-state index is 10.8. The molecule has 0 saturated carbocycles. The highest BCUT2D eigenvalue weighted by atomic mass is 16.6. The van der Waals surface area contributed by atoms with E-state index in [1.54, 1.807) is 6.92 Å². The Morgan fingerprint density at radius 1 is 1.32 bits per heavy atom. The standard InChI is InChI=1S/C14H19NO4/c1-11(8-16)14(12(2)15(17)18)10-19-9-13-6-4-3-5-7-13/h3-8,11-12,14H,9-10H2,1-2H3. The minimum absolute atomic E-state index is 0.205. The molecule has 0 saturated heterocycles. The SMILES string of the molecule is CC(C=O)C(COCc1ccccc1)C(C)[N+](=O)[O-]. The van der Waals surface area contributed by atoms with E-state index in [0.29, 0.717) is 6.61 Å². The fraction of sp³-hybridized carbons (Fsp3) is 0.500. The van der Waals surface area contributed by atoms with Crippen molar-refractivity contribution >= 4 is 6.29 Å². The van der Waals surface area contributed by atoms with E-state index in [-0.39, 0.29) is 11.5 Å². The van der Waals surface area contributed by atoms with E-state index in [1.165, 1.54) is 6.92 Å². The number of hydrogen-bond acceptors (Lipinski definition) is 4. The highest BCUT2D eigenvalue weighted by molar-refractivity contribution is 5.53. The zero-order valence-corrected chi connectivity index (χ0v) is 11.2. The first-order valence-corrected chi connectivity index (χ1v) is 6.26. The van der Waals surface area contributed by atoms with E-state index < -0.39 is 17.9 Å². The summed E-state index contributed by atoms with van der Waals surface area (Å²) in [6, 6.07) is 8.78. The van der Waals surface area contributed by atoms with Gasteiger partial charge in [-0.05, 0) is 5.56 Å². The van der Waals surface area contributed by atoms with Crippen LogP contribution in [0.15, 0.2) is 30.3 Å². The molecule has 1 aromatic carbocycles. The van der Waals surface area contributed by atoms with Crippen LogP contribution in [0.1, 0.15) is 19.4 Å². The van der Waals surface area contributed by atoms with Gasteiger partial charge in [-0.25, -0.2) is 0 Å². The van der Waals surface area contributed by atoms with Crippen LogP contribution in [0.5, 0.6) is 0 Å². The minimum atomic E-state index is -0.795. The van der Waals surface area contributed by atoms with Gasteiger partial charge in [-0.15, -0.1) is 0 Å². The second-order valence-electron chi connectivity index (χ2n) is 4.69. The maximum absolute atomic E-state index is 10.8. The van der Waals surface area contributed by atoms with Crippen molar-refractivity contribution in [2.75, 3.05) is 6.61 Å². The van der Waals surface area contributed by atoms with Crippen molar-refractivity contribution in [3.8, 4) is 0 Å². The van der Waals surface area contributed by atoms with Gasteiger partial charge in [0.2, 0.25) is 6.04 Å². The molecule has 0 aliphatic heterocycles. The van der Waals surface area contributed by atoms with E-state index in [9.17, 15) is 14.9 Å². The van der Waals surface area contributed by atoms with Gasteiger partial charge in [0.15, 0.2) is 0 Å². The van der Waals surface area contributed by atoms with Crippen molar-refractivity contribution in [3.05, 3.63) is 46.0 Å². The Bertz CT molecular complexity index is 407. The first-order chi connectivity index (χ1) is 9.06. The van der Waals surface area contributed by atoms with E-state index >= 15 is 0 Å². The molecule has 5 nitrogen and oxygen atoms in total. The van der Waals surface area contributed by atoms with Crippen molar-refractivity contribution in [1.29, 1.82) is 0 Å². The minimum Gasteiger partial charge on any atom is -0.376 e. The molecule has 0 spiro atoms. The molecule has 0 bridgehead atoms. The summed E-state index contributed by atoms with van der Waals surface area (Å²) in [6.45, 7) is 3.80. The Balaban J connectivity index is 2.54. The molecule has 0 amide bonds. The normalized spacial score (nSPS) is 15.5. The van der Waals surface area contributed by atoms with Crippen LogP contribution >= 0.6 is 0 Å². The summed E-state index contributed by atoms with van der Waals surface area (Å²) in [4.78, 5) is 21.3. The zero-order valence-electron chi connectivity index (χ0n) is 11.2. The molecule has 19 heavy (non-hydrogen) atoms. The number of carbonyl (C=O) groups is 1. The van der Waals surface area contributed by atoms with E-state index in [4.69, 9.17) is 4.74 Å². The van der Waals surface area contributed by atoms with Gasteiger partial charge in [0.05, 0.1) is 19.1 Å². The number of carbonyl (C=O) groups excluding carboxylic acids is 1. The summed E-state index contributed by atoms with van der Waals surface area (Å²) >= 11 is 0. The van der Waals surface area contributed by atoms with E-state index in [0.717, 1.165) is 11.8 Å². The summed E-state index contributed by atoms with van der Waals surface area (Å²) in [7, 11) is 0. The predicted octanol–water partition coefficient (Wildman–Crippen LogP) is 2.32. The molecule has 3 unspecified atom stereocenters. The second-order valence-corrected chi connectivity index (χ2v) is 4.69. The lowest BCUT2D eigenvalue weighted by atomic mass is 9.90. The molecule has 0 aliphatic carbocycles. The van der Waals surface area contributed by atoms with Crippen LogP contribution in [-0.2, 0) is 16.1 Å². The fourth-order valence-electron chi connectivity index (χ4n) is 1.87. The third kappa shape index (κ3) is 4.79. The lowest BCUT2D eigenvalue weighted by molar-refractivity contribution is -0.529. The number of hydrogen-bond donors (Lipinski definition) is 0. The van der Waals surface area contributed by atoms with Crippen LogP contribution in [-0.4, -0.2) is 23.9 Å². The van der Waals surface area contributed by atoms with Gasteiger partial charge in [-0.2, -0.15) is 0 Å². The maximum Gasteiger partial charge on any atom is 0.216 e. The number of rotatable bonds is 8. The van der Waals surface area contributed by atoms with Gasteiger partial charge in [0.25, 0.3) is 0 Å². The number of nitro groups is 1. The predicted molar refractivity (Wildman–Crippen MR) is 71.3 cm³/mol. The topological polar surface area (TPSA) is 69.4 Å². The van der Waals surface area contributed by atoms with Crippen molar-refractivity contribution in [2.45, 2.75) is 26.5 Å². The molecule has 1 rings (SSSR count). The number of aldehydes is 1. The van der Waals surface area contributed by atoms with E-state index in [1.807, 2.05) is 30.3 Å². The molecule has 1 aromatic rings. The van der Waals surface area contributed by atoms with Gasteiger partial charge in [0.1, 0.15) is 6.29 Å². The third-order valence-corrected chi connectivity index (χ3v) is 3.26. The zero-order chi connectivity index (χ0) is 14.3. The highest BCUT2D eigenvalue weighted by Crippen LogP contribution is 2.17. The van der Waals surface area contributed by atoms with Crippen LogP contribution in [0.3, 0.4) is 0 Å². The van der Waals surface area contributed by atoms with Gasteiger partial charge in [-0.1, -0.05) is 37.3 Å². The van der Waals surface area contributed by atoms with E-state index in [2.05, 4.69) is 0 Å². The van der Waals surface area contributed by atoms with Crippen LogP contribution in [0.4, 0.5) is 0 Å². The molecule has 0 aromatic heterocycles. The lowest BCUT2D eigenvalue weighted by Gasteiger charge is -2.20. The van der Waals surface area contributed by atoms with Crippen molar-refractivity contribution in [1.82, 2.24) is 0 Å². The van der Waals surface area contributed by atoms with Crippen molar-refractivity contribution in [3.63, 3.8) is 0 Å². The van der Waals surface area contributed by atoms with Crippen molar-refractivity contribution in [2.24, 2.45) is 11.8 Å². The number of nitrogens with zero attached hydrogens (tertiary/aromatic N) is 1. The summed E-state index contributed by atoms with van der Waals surface area (Å²) in [5, 5.41) is 10.8. The Hall–Kier alpha value is -1.75. The summed E-state index contributed by atoms with van der Waals surface area (Å²) in [5.74, 6) is -0.799. The number of ether oxygens (including phenoxy) is 1. The Morgan fingerprint density at radius 3 is 2.47 bits per heavy atom. The van der Waals surface area contributed by atoms with Gasteiger partial charge >= 0.3 is 0 Å². The molecule has 3 atom stereocenters. The second kappa shape index (κ2) is 7.63. The Morgan fingerprint density at radius 2 is 1.95 bits per heavy atom. The smallest absolute Gasteiger partial charge is 0.216 e. The Labute approximate surface area is 112 Å². The largest absolute Gasteiger partial charge is 0.376 e. The summed E-state index contributed by atoms with van der Waals surface area (Å²) in [6.07, 6.45) is 0.747. The van der Waals surface area contributed by atoms with Gasteiger partial charge in [-0.3, -0.25) is 10.1 Å². The van der Waals surface area contributed by atoms with Crippen molar-refractivity contribution < 1.29 is 14.5 Å². The molecule has 0 N–H and O–H groups in total. The number of benzene rings is 1. The molecular weight excluding hydrogens is 246 g/mol. The van der Waals surface area contributed by atoms with Crippen LogP contribution < -0.4 is 0 Å².